The van der Waals surface area contributed by atoms with Gasteiger partial charge in [-0.2, -0.15) is 0 Å². The second-order valence-electron chi connectivity index (χ2n) is 2.34. The highest BCUT2D eigenvalue weighted by atomic mass is 32.2. The summed E-state index contributed by atoms with van der Waals surface area (Å²) in [5.74, 6) is 0. The van der Waals surface area contributed by atoms with Crippen LogP contribution in [0.25, 0.3) is 11.1 Å². The molecule has 0 aromatic rings. The first-order valence-electron chi connectivity index (χ1n) is 3.28. The number of rotatable bonds is 1. The Hall–Kier alpha value is -1.13. The molecule has 0 aromatic heterocycles. The van der Waals surface area contributed by atoms with Crippen LogP contribution in [-0.2, 0) is 10.0 Å². The van der Waals surface area contributed by atoms with Crippen LogP contribution in [-0.4, -0.2) is 8.42 Å². The van der Waals surface area contributed by atoms with Gasteiger partial charge in [-0.3, -0.25) is 0 Å². The summed E-state index contributed by atoms with van der Waals surface area (Å²) in [6.45, 7) is 2.92. The van der Waals surface area contributed by atoms with Gasteiger partial charge in [0.1, 0.15) is 0 Å². The minimum absolute atomic E-state index is 0.688. The van der Waals surface area contributed by atoms with E-state index < -0.39 is 10.0 Å². The lowest BCUT2D eigenvalue weighted by molar-refractivity contribution is 0.606. The van der Waals surface area contributed by atoms with Crippen LogP contribution in [0, 0.1) is 0 Å². The van der Waals surface area contributed by atoms with Gasteiger partial charge in [0, 0.05) is 5.41 Å². The molecule has 4 heteroatoms. The molecule has 64 valence electrons. The van der Waals surface area contributed by atoms with Crippen LogP contribution >= 0.6 is 0 Å². The van der Waals surface area contributed by atoms with E-state index in [-0.39, 0.29) is 0 Å². The van der Waals surface area contributed by atoms with Gasteiger partial charge in [0.25, 0.3) is 0 Å². The van der Waals surface area contributed by atoms with Crippen molar-refractivity contribution in [2.24, 2.45) is 5.14 Å². The largest absolute Gasteiger partial charge is 0.230 e. The van der Waals surface area contributed by atoms with Crippen LogP contribution in [0.3, 0.4) is 0 Å². The van der Waals surface area contributed by atoms with E-state index in [0.29, 0.717) is 5.41 Å². The van der Waals surface area contributed by atoms with E-state index in [1.54, 1.807) is 0 Å². The predicted molar refractivity (Wildman–Crippen MR) is 48.7 cm³/mol. The van der Waals surface area contributed by atoms with Crippen molar-refractivity contribution < 1.29 is 8.42 Å². The summed E-state index contributed by atoms with van der Waals surface area (Å²) in [4.78, 5) is 0. The number of fused-ring (bicyclic) bond motifs is 1. The van der Waals surface area contributed by atoms with Crippen molar-refractivity contribution in [1.82, 2.24) is 0 Å². The second-order valence-corrected chi connectivity index (χ2v) is 3.85. The molecule has 0 bridgehead atoms. The van der Waals surface area contributed by atoms with Crippen LogP contribution in [0.5, 0.6) is 0 Å². The number of benzene rings is 1. The van der Waals surface area contributed by atoms with Crippen molar-refractivity contribution in [2.75, 3.05) is 0 Å². The maximum Gasteiger partial charge on any atom is 0.230 e. The number of sulfonamides is 1. The van der Waals surface area contributed by atoms with Crippen molar-refractivity contribution in [2.45, 2.75) is 0 Å². The summed E-state index contributed by atoms with van der Waals surface area (Å²) in [5, 5.41) is 5.08. The highest BCUT2D eigenvalue weighted by Gasteiger charge is 2.06. The molecule has 0 saturated heterocycles. The Bertz CT molecular complexity index is 366. The normalized spacial score (nSPS) is 11.1. The van der Waals surface area contributed by atoms with Crippen LogP contribution < -0.4 is 5.14 Å². The fraction of sp³-hybridized carbons (Fsp3) is 0. The van der Waals surface area contributed by atoms with E-state index in [9.17, 15) is 8.42 Å². The van der Waals surface area contributed by atoms with Gasteiger partial charge in [0.15, 0.2) is 0 Å². The molecule has 2 aliphatic rings. The van der Waals surface area contributed by atoms with Gasteiger partial charge in [0.2, 0.25) is 10.0 Å². The van der Waals surface area contributed by atoms with Gasteiger partial charge in [0.05, 0.1) is 0 Å². The third-order valence-electron chi connectivity index (χ3n) is 1.34. The fourth-order valence-electron chi connectivity index (χ4n) is 0.676. The monoisotopic (exact) mass is 183 g/mol. The topological polar surface area (TPSA) is 60.2 Å². The first-order chi connectivity index (χ1) is 5.53. The van der Waals surface area contributed by atoms with Gasteiger partial charge in [-0.1, -0.05) is 24.8 Å². The molecule has 0 radical (unpaired) electrons. The third-order valence-corrected chi connectivity index (χ3v) is 1.81. The molecule has 2 rings (SSSR count). The van der Waals surface area contributed by atoms with E-state index in [4.69, 9.17) is 0 Å². The zero-order chi connectivity index (χ0) is 9.19. The Kier molecular flexibility index (Phi) is 2.30. The lowest BCUT2D eigenvalue weighted by Crippen LogP contribution is -2.05. The van der Waals surface area contributed by atoms with Crippen LogP contribution in [0.15, 0.2) is 36.3 Å². The molecule has 0 saturated carbocycles. The molecule has 3 nitrogen and oxygen atoms in total. The molecule has 2 aliphatic carbocycles. The Morgan fingerprint density at radius 3 is 1.83 bits per heavy atom. The fourth-order valence-corrected chi connectivity index (χ4v) is 0.676. The minimum atomic E-state index is -3.40. The van der Waals surface area contributed by atoms with Crippen molar-refractivity contribution in [3.63, 3.8) is 0 Å². The average molecular weight is 183 g/mol. The molecule has 0 aliphatic heterocycles. The van der Waals surface area contributed by atoms with Crippen LogP contribution in [0.1, 0.15) is 0 Å². The van der Waals surface area contributed by atoms with Gasteiger partial charge in [-0.25, -0.2) is 13.6 Å². The van der Waals surface area contributed by atoms with E-state index in [0.717, 1.165) is 0 Å². The van der Waals surface area contributed by atoms with E-state index >= 15 is 0 Å². The third kappa shape index (κ3) is 2.86. The maximum atomic E-state index is 9.66. The van der Waals surface area contributed by atoms with Gasteiger partial charge >= 0.3 is 0 Å². The molecule has 2 N–H and O–H groups in total. The number of primary sulfonamides is 1. The zero-order valence-corrected chi connectivity index (χ0v) is 7.21. The van der Waals surface area contributed by atoms with Crippen molar-refractivity contribution in [3.05, 3.63) is 36.3 Å². The SMILES string of the molecule is C=CS(N)(=O)=O.c1cc2cc-2c1. The molecule has 0 aromatic carbocycles. The molecular weight excluding hydrogens is 174 g/mol. The maximum absolute atomic E-state index is 9.66. The summed E-state index contributed by atoms with van der Waals surface area (Å²) in [6, 6.07) is 8.48. The van der Waals surface area contributed by atoms with Crippen LogP contribution in [0.4, 0.5) is 0 Å². The Morgan fingerprint density at radius 1 is 1.33 bits per heavy atom. The summed E-state index contributed by atoms with van der Waals surface area (Å²) in [7, 11) is -3.40. The van der Waals surface area contributed by atoms with Crippen molar-refractivity contribution >= 4 is 10.0 Å². The average Bonchev–Trinajstić information content (AvgIpc) is 2.60. The second kappa shape index (κ2) is 3.08. The smallest absolute Gasteiger partial charge is 0.225 e. The van der Waals surface area contributed by atoms with Gasteiger partial charge in [-0.05, 0) is 17.2 Å². The standard InChI is InChI=1S/C6H4.C2H5NO2S/c1-2-5-4-6(5)3-1;1-2-6(3,4)5/h1-4H;2H,1H2,(H2,3,4,5). The molecule has 12 heavy (non-hydrogen) atoms. The highest BCUT2D eigenvalue weighted by Crippen LogP contribution is 2.32. The van der Waals surface area contributed by atoms with E-state index in [1.807, 2.05) is 0 Å². The number of hydrogen-bond acceptors (Lipinski definition) is 2. The summed E-state index contributed by atoms with van der Waals surface area (Å²) in [6.07, 6.45) is 0. The van der Waals surface area contributed by atoms with Gasteiger partial charge < -0.3 is 0 Å². The molecule has 0 unspecified atom stereocenters. The summed E-state index contributed by atoms with van der Waals surface area (Å²) >= 11 is 0. The number of hydrogen-bond donors (Lipinski definition) is 1. The van der Waals surface area contributed by atoms with Crippen molar-refractivity contribution in [3.8, 4) is 11.1 Å². The van der Waals surface area contributed by atoms with E-state index in [2.05, 4.69) is 36.0 Å². The lowest BCUT2D eigenvalue weighted by Gasteiger charge is -1.75. The molecule has 0 heterocycles. The molecule has 0 atom stereocenters. The Morgan fingerprint density at radius 2 is 1.75 bits per heavy atom. The Labute approximate surface area is 71.6 Å². The quantitative estimate of drug-likeness (QED) is 0.719. The first kappa shape index (κ1) is 8.96. The van der Waals surface area contributed by atoms with E-state index in [1.165, 1.54) is 11.1 Å². The Balaban J connectivity index is 0.000000120. The summed E-state index contributed by atoms with van der Waals surface area (Å²) < 4.78 is 19.3. The summed E-state index contributed by atoms with van der Waals surface area (Å²) in [5.41, 5.74) is 2.85. The van der Waals surface area contributed by atoms with Crippen molar-refractivity contribution in [1.29, 1.82) is 0 Å². The zero-order valence-electron chi connectivity index (χ0n) is 6.40. The van der Waals surface area contributed by atoms with Crippen LogP contribution in [0.2, 0.25) is 0 Å². The van der Waals surface area contributed by atoms with Gasteiger partial charge in [-0.15, -0.1) is 0 Å². The molecule has 0 amide bonds. The highest BCUT2D eigenvalue weighted by molar-refractivity contribution is 7.92. The molecule has 0 fully saturated rings. The molecule has 0 spiro atoms. The molecular formula is C8H9NO2S. The number of nitrogens with two attached hydrogens (primary N) is 1. The lowest BCUT2D eigenvalue weighted by atomic mass is 10.6. The minimum Gasteiger partial charge on any atom is -0.225 e. The predicted octanol–water partition coefficient (Wildman–Crippen LogP) is 1.09. The first-order valence-corrected chi connectivity index (χ1v) is 4.89.